The van der Waals surface area contributed by atoms with Gasteiger partial charge in [0.1, 0.15) is 0 Å². The summed E-state index contributed by atoms with van der Waals surface area (Å²) in [7, 11) is -0.239. The molecule has 3 aromatic rings. The van der Waals surface area contributed by atoms with Gasteiger partial charge >= 0.3 is 0 Å². The molecule has 1 atom stereocenters. The average Bonchev–Trinajstić information content (AvgIpc) is 2.87. The Morgan fingerprint density at radius 3 is 1.91 bits per heavy atom. The van der Waals surface area contributed by atoms with Gasteiger partial charge in [0.05, 0.1) is 20.5 Å². The number of fused-ring (bicyclic) bond motifs is 3. The normalized spacial score (nSPS) is 17.5. The molecule has 7 heteroatoms. The predicted molar refractivity (Wildman–Crippen MR) is 139 cm³/mol. The first kappa shape index (κ1) is 25.0. The van der Waals surface area contributed by atoms with E-state index in [0.717, 1.165) is 37.4 Å². The third kappa shape index (κ3) is 5.93. The Kier molecular flexibility index (Phi) is 7.60. The van der Waals surface area contributed by atoms with Crippen molar-refractivity contribution >= 4 is 21.3 Å². The summed E-state index contributed by atoms with van der Waals surface area (Å²) in [6.45, 7) is 2.03. The fourth-order valence-corrected chi connectivity index (χ4v) is 4.96. The van der Waals surface area contributed by atoms with Gasteiger partial charge < -0.3 is 9.47 Å². The molecule has 2 heterocycles. The maximum atomic E-state index is 9.19. The summed E-state index contributed by atoms with van der Waals surface area (Å²) in [4.78, 5) is 2.63. The standard InChI is InChI=1S/C27H27NO2.CH4O3S/c1-29-26-15-21-13-14-28-18-24(20-11-7-4-8-12-20)22(19-9-5-3-6-10-19)16-25(28)23(21)17-27(26)30-2;1-5(2,3)4/h3-12,15,17,25H,13-14,16,18H2,1-2H3;1H3,(H,2,3,4). The lowest BCUT2D eigenvalue weighted by Crippen LogP contribution is -2.39. The minimum atomic E-state index is -3.67. The van der Waals surface area contributed by atoms with Crippen LogP contribution in [0.5, 0.6) is 11.5 Å². The minimum absolute atomic E-state index is 0.358. The molecule has 1 unspecified atom stereocenters. The van der Waals surface area contributed by atoms with Gasteiger partial charge in [-0.05, 0) is 58.4 Å². The summed E-state index contributed by atoms with van der Waals surface area (Å²) < 4.78 is 37.1. The number of ether oxygens (including phenoxy) is 2. The van der Waals surface area contributed by atoms with E-state index in [1.165, 1.54) is 33.4 Å². The summed E-state index contributed by atoms with van der Waals surface area (Å²) in [5.74, 6) is 1.64. The van der Waals surface area contributed by atoms with Crippen molar-refractivity contribution in [1.82, 2.24) is 4.90 Å². The van der Waals surface area contributed by atoms with Crippen LogP contribution < -0.4 is 9.47 Å². The highest BCUT2D eigenvalue weighted by molar-refractivity contribution is 7.85. The fourth-order valence-electron chi connectivity index (χ4n) is 4.96. The third-order valence-electron chi connectivity index (χ3n) is 6.48. The van der Waals surface area contributed by atoms with E-state index in [0.29, 0.717) is 12.3 Å². The molecule has 5 rings (SSSR count). The third-order valence-corrected chi connectivity index (χ3v) is 6.48. The Balaban J connectivity index is 0.000000527. The van der Waals surface area contributed by atoms with Crippen molar-refractivity contribution in [3.05, 3.63) is 95.1 Å². The Morgan fingerprint density at radius 2 is 1.37 bits per heavy atom. The molecule has 184 valence electrons. The van der Waals surface area contributed by atoms with Crippen molar-refractivity contribution in [1.29, 1.82) is 0 Å². The van der Waals surface area contributed by atoms with Crippen molar-refractivity contribution in [3.63, 3.8) is 0 Å². The van der Waals surface area contributed by atoms with E-state index in [2.05, 4.69) is 77.7 Å². The van der Waals surface area contributed by atoms with Crippen LogP contribution in [0.25, 0.3) is 11.1 Å². The first-order valence-electron chi connectivity index (χ1n) is 11.5. The van der Waals surface area contributed by atoms with Gasteiger partial charge in [-0.3, -0.25) is 9.45 Å². The molecule has 0 bridgehead atoms. The molecule has 0 aliphatic carbocycles. The molecule has 0 spiro atoms. The van der Waals surface area contributed by atoms with Crippen molar-refractivity contribution in [2.45, 2.75) is 18.9 Å². The zero-order valence-electron chi connectivity index (χ0n) is 20.3. The van der Waals surface area contributed by atoms with Crippen LogP contribution in [0.15, 0.2) is 72.8 Å². The summed E-state index contributed by atoms with van der Waals surface area (Å²) in [5.41, 5.74) is 8.30. The maximum absolute atomic E-state index is 9.19. The molecule has 3 aromatic carbocycles. The quantitative estimate of drug-likeness (QED) is 0.509. The van der Waals surface area contributed by atoms with Crippen LogP contribution in [0.4, 0.5) is 0 Å². The SMILES string of the molecule is COc1cc2c(cc1OC)C1CC(c3ccccc3)=C(c3ccccc3)CN1CC2.CS(=O)(=O)O. The molecular formula is C28H31NO5S. The monoisotopic (exact) mass is 493 g/mol. The first-order chi connectivity index (χ1) is 16.8. The Morgan fingerprint density at radius 1 is 0.857 bits per heavy atom. The van der Waals surface area contributed by atoms with Gasteiger partial charge in [0, 0.05) is 19.1 Å². The molecule has 0 fully saturated rings. The Hall–Kier alpha value is -3.13. The van der Waals surface area contributed by atoms with Crippen LogP contribution in [-0.2, 0) is 16.5 Å². The van der Waals surface area contributed by atoms with Crippen LogP contribution >= 0.6 is 0 Å². The fraction of sp³-hybridized carbons (Fsp3) is 0.286. The highest BCUT2D eigenvalue weighted by Gasteiger charge is 2.34. The second-order valence-electron chi connectivity index (χ2n) is 8.77. The Bertz CT molecular complexity index is 1300. The molecule has 0 saturated carbocycles. The van der Waals surface area contributed by atoms with E-state index in [1.807, 2.05) is 0 Å². The molecule has 2 aliphatic heterocycles. The first-order valence-corrected chi connectivity index (χ1v) is 13.4. The van der Waals surface area contributed by atoms with Crippen molar-refractivity contribution in [2.24, 2.45) is 0 Å². The number of methoxy groups -OCH3 is 2. The molecule has 6 nitrogen and oxygen atoms in total. The highest BCUT2D eigenvalue weighted by atomic mass is 32.2. The average molecular weight is 494 g/mol. The van der Waals surface area contributed by atoms with E-state index >= 15 is 0 Å². The van der Waals surface area contributed by atoms with Crippen LogP contribution in [0.1, 0.15) is 34.7 Å². The number of nitrogens with zero attached hydrogens (tertiary/aromatic N) is 1. The van der Waals surface area contributed by atoms with Crippen molar-refractivity contribution in [2.75, 3.05) is 33.6 Å². The van der Waals surface area contributed by atoms with Gasteiger partial charge in [0.2, 0.25) is 0 Å². The zero-order valence-corrected chi connectivity index (χ0v) is 21.1. The highest BCUT2D eigenvalue weighted by Crippen LogP contribution is 2.46. The lowest BCUT2D eigenvalue weighted by molar-refractivity contribution is 0.205. The number of benzene rings is 3. The smallest absolute Gasteiger partial charge is 0.261 e. The van der Waals surface area contributed by atoms with Crippen LogP contribution in [-0.4, -0.2) is 51.4 Å². The largest absolute Gasteiger partial charge is 0.493 e. The lowest BCUT2D eigenvalue weighted by atomic mass is 9.80. The molecule has 0 saturated heterocycles. The van der Waals surface area contributed by atoms with Crippen LogP contribution in [0, 0.1) is 0 Å². The van der Waals surface area contributed by atoms with Gasteiger partial charge in [-0.25, -0.2) is 0 Å². The van der Waals surface area contributed by atoms with Crippen molar-refractivity contribution in [3.8, 4) is 11.5 Å². The molecule has 0 radical (unpaired) electrons. The molecule has 35 heavy (non-hydrogen) atoms. The van der Waals surface area contributed by atoms with E-state index < -0.39 is 10.1 Å². The van der Waals surface area contributed by atoms with Gasteiger partial charge in [-0.15, -0.1) is 0 Å². The van der Waals surface area contributed by atoms with Crippen LogP contribution in [0.3, 0.4) is 0 Å². The van der Waals surface area contributed by atoms with Crippen LogP contribution in [0.2, 0.25) is 0 Å². The molecule has 0 amide bonds. The number of hydrogen-bond acceptors (Lipinski definition) is 5. The summed E-state index contributed by atoms with van der Waals surface area (Å²) >= 11 is 0. The minimum Gasteiger partial charge on any atom is -0.493 e. The van der Waals surface area contributed by atoms with E-state index in [4.69, 9.17) is 14.0 Å². The summed E-state index contributed by atoms with van der Waals surface area (Å²) in [6, 6.07) is 26.4. The Labute approximate surface area is 207 Å². The lowest BCUT2D eigenvalue weighted by Gasteiger charge is -2.43. The second-order valence-corrected chi connectivity index (χ2v) is 10.2. The topological polar surface area (TPSA) is 76.1 Å². The predicted octanol–water partition coefficient (Wildman–Crippen LogP) is 5.12. The van der Waals surface area contributed by atoms with Gasteiger partial charge in [0.15, 0.2) is 11.5 Å². The zero-order chi connectivity index (χ0) is 25.0. The van der Waals surface area contributed by atoms with Gasteiger partial charge in [-0.2, -0.15) is 8.42 Å². The summed E-state index contributed by atoms with van der Waals surface area (Å²) in [5, 5.41) is 0. The maximum Gasteiger partial charge on any atom is 0.261 e. The number of rotatable bonds is 4. The van der Waals surface area contributed by atoms with Crippen molar-refractivity contribution < 1.29 is 22.4 Å². The second kappa shape index (κ2) is 10.6. The molecule has 2 aliphatic rings. The van der Waals surface area contributed by atoms with E-state index in [-0.39, 0.29) is 0 Å². The molecule has 0 aromatic heterocycles. The number of hydrogen-bond donors (Lipinski definition) is 1. The van der Waals surface area contributed by atoms with E-state index in [1.54, 1.807) is 14.2 Å². The van der Waals surface area contributed by atoms with E-state index in [9.17, 15) is 8.42 Å². The molecule has 1 N–H and O–H groups in total. The summed E-state index contributed by atoms with van der Waals surface area (Å²) in [6.07, 6.45) is 2.75. The van der Waals surface area contributed by atoms with Gasteiger partial charge in [0.25, 0.3) is 10.1 Å². The molecular weight excluding hydrogens is 462 g/mol. The van der Waals surface area contributed by atoms with Gasteiger partial charge in [-0.1, -0.05) is 60.7 Å².